The molecule has 2 fully saturated rings. The van der Waals surface area contributed by atoms with Crippen LogP contribution in [0.4, 0.5) is 30.7 Å². The number of hydrogen-bond acceptors (Lipinski definition) is 2. The Morgan fingerprint density at radius 3 is 1.56 bits per heavy atom. The molecule has 0 aromatic heterocycles. The fourth-order valence-corrected chi connectivity index (χ4v) is 6.19. The van der Waals surface area contributed by atoms with E-state index in [1.165, 1.54) is 38.5 Å². The number of alkyl halides is 2. The van der Waals surface area contributed by atoms with Gasteiger partial charge in [0.2, 0.25) is 0 Å². The van der Waals surface area contributed by atoms with E-state index in [0.29, 0.717) is 23.1 Å². The van der Waals surface area contributed by atoms with Crippen molar-refractivity contribution in [2.24, 2.45) is 11.8 Å². The molecule has 0 radical (unpaired) electrons. The van der Waals surface area contributed by atoms with E-state index in [4.69, 9.17) is 4.74 Å². The molecule has 220 valence electrons. The van der Waals surface area contributed by atoms with Crippen molar-refractivity contribution in [3.8, 4) is 22.6 Å². The normalized spacial score (nSPS) is 17.2. The van der Waals surface area contributed by atoms with E-state index < -0.39 is 46.5 Å². The maximum absolute atomic E-state index is 14.8. The van der Waals surface area contributed by atoms with Gasteiger partial charge in [-0.05, 0) is 72.9 Å². The average molecular weight is 581 g/mol. The molecule has 9 heteroatoms. The van der Waals surface area contributed by atoms with E-state index in [-0.39, 0.29) is 23.8 Å². The highest BCUT2D eigenvalue weighted by atomic mass is 19.3. The van der Waals surface area contributed by atoms with E-state index in [1.807, 2.05) is 0 Å². The van der Waals surface area contributed by atoms with Crippen LogP contribution in [0.1, 0.15) is 69.8 Å². The summed E-state index contributed by atoms with van der Waals surface area (Å²) in [4.78, 5) is 0. The molecule has 41 heavy (non-hydrogen) atoms. The molecule has 0 saturated heterocycles. The van der Waals surface area contributed by atoms with Crippen LogP contribution in [0, 0.1) is 40.9 Å². The van der Waals surface area contributed by atoms with Gasteiger partial charge in [-0.25, -0.2) is 22.0 Å². The number of benzene rings is 3. The van der Waals surface area contributed by atoms with E-state index in [2.05, 4.69) is 4.74 Å². The summed E-state index contributed by atoms with van der Waals surface area (Å²) in [6, 6.07) is 8.43. The Hall–Kier alpha value is -3.23. The second-order valence-corrected chi connectivity index (χ2v) is 11.0. The maximum Gasteiger partial charge on any atom is 0.432 e. The molecule has 0 amide bonds. The molecular formula is C32H31F7O2. The van der Waals surface area contributed by atoms with Crippen LogP contribution in [-0.4, -0.2) is 6.10 Å². The van der Waals surface area contributed by atoms with Crippen molar-refractivity contribution in [3.63, 3.8) is 0 Å². The summed E-state index contributed by atoms with van der Waals surface area (Å²) in [6.45, 7) is 0. The smallest absolute Gasteiger partial charge is 0.432 e. The molecule has 2 aliphatic rings. The zero-order chi connectivity index (χ0) is 29.1. The third-order valence-corrected chi connectivity index (χ3v) is 8.23. The SMILES string of the molecule is Fc1cc(OC(F)(F)c2c(F)cc(-c3ccc(OC(C4CCCCC4)C4CCCCC4)cc3)cc2F)cc(F)c1F. The number of hydrogen-bond donors (Lipinski definition) is 0. The van der Waals surface area contributed by atoms with Gasteiger partial charge in [0.05, 0.1) is 0 Å². The van der Waals surface area contributed by atoms with Crippen LogP contribution >= 0.6 is 0 Å². The Morgan fingerprint density at radius 1 is 0.585 bits per heavy atom. The lowest BCUT2D eigenvalue weighted by molar-refractivity contribution is -0.189. The van der Waals surface area contributed by atoms with Gasteiger partial charge in [-0.2, -0.15) is 8.78 Å². The van der Waals surface area contributed by atoms with Gasteiger partial charge in [-0.15, -0.1) is 0 Å². The van der Waals surface area contributed by atoms with Gasteiger partial charge in [0.25, 0.3) is 0 Å². The van der Waals surface area contributed by atoms with Crippen molar-refractivity contribution in [3.05, 3.63) is 83.2 Å². The summed E-state index contributed by atoms with van der Waals surface area (Å²) in [7, 11) is 0. The molecule has 0 atom stereocenters. The van der Waals surface area contributed by atoms with Gasteiger partial charge < -0.3 is 9.47 Å². The van der Waals surface area contributed by atoms with E-state index in [9.17, 15) is 30.7 Å². The predicted molar refractivity (Wildman–Crippen MR) is 140 cm³/mol. The van der Waals surface area contributed by atoms with Crippen LogP contribution in [0.25, 0.3) is 11.1 Å². The predicted octanol–water partition coefficient (Wildman–Crippen LogP) is 10.1. The van der Waals surface area contributed by atoms with Crippen molar-refractivity contribution in [1.29, 1.82) is 0 Å². The van der Waals surface area contributed by atoms with Crippen LogP contribution in [0.15, 0.2) is 48.5 Å². The Bertz CT molecular complexity index is 1280. The zero-order valence-electron chi connectivity index (χ0n) is 22.4. The molecule has 2 saturated carbocycles. The van der Waals surface area contributed by atoms with E-state index >= 15 is 0 Å². The standard InChI is InChI=1S/C32H31F7O2/c33-25-15-22(16-26(34)29(25)32(38,39)41-24-17-27(35)30(37)28(36)18-24)19-11-13-23(14-12-19)40-31(20-7-3-1-4-8-20)21-9-5-2-6-10-21/h11-18,20-21,31H,1-10H2. The first kappa shape index (κ1) is 29.3. The van der Waals surface area contributed by atoms with E-state index in [0.717, 1.165) is 37.8 Å². The topological polar surface area (TPSA) is 18.5 Å². The maximum atomic E-state index is 14.8. The molecule has 2 aliphatic carbocycles. The summed E-state index contributed by atoms with van der Waals surface area (Å²) in [6.07, 6.45) is 7.33. The molecule has 0 heterocycles. The highest BCUT2D eigenvalue weighted by Crippen LogP contribution is 2.40. The fourth-order valence-electron chi connectivity index (χ4n) is 6.19. The molecule has 3 aromatic carbocycles. The second kappa shape index (κ2) is 12.3. The van der Waals surface area contributed by atoms with Crippen molar-refractivity contribution in [1.82, 2.24) is 0 Å². The first-order chi connectivity index (χ1) is 19.6. The average Bonchev–Trinajstić information content (AvgIpc) is 2.95. The van der Waals surface area contributed by atoms with Crippen molar-refractivity contribution >= 4 is 0 Å². The Kier molecular flexibility index (Phi) is 8.80. The van der Waals surface area contributed by atoms with Gasteiger partial charge in [0.1, 0.15) is 34.8 Å². The third kappa shape index (κ3) is 6.65. The number of halogens is 7. The summed E-state index contributed by atoms with van der Waals surface area (Å²) in [5, 5.41) is 0. The summed E-state index contributed by atoms with van der Waals surface area (Å²) in [5.74, 6) is -8.21. The van der Waals surface area contributed by atoms with Gasteiger partial charge in [0, 0.05) is 12.1 Å². The van der Waals surface area contributed by atoms with Gasteiger partial charge in [0.15, 0.2) is 17.5 Å². The lowest BCUT2D eigenvalue weighted by Crippen LogP contribution is -2.37. The van der Waals surface area contributed by atoms with Crippen LogP contribution in [0.5, 0.6) is 11.5 Å². The largest absolute Gasteiger partial charge is 0.490 e. The number of rotatable bonds is 8. The molecule has 5 rings (SSSR count). The highest BCUT2D eigenvalue weighted by Gasteiger charge is 2.41. The quantitative estimate of drug-likeness (QED) is 0.195. The zero-order valence-corrected chi connectivity index (χ0v) is 22.4. The van der Waals surface area contributed by atoms with Crippen molar-refractivity contribution in [2.45, 2.75) is 76.4 Å². The van der Waals surface area contributed by atoms with Crippen LogP contribution in [-0.2, 0) is 6.11 Å². The summed E-state index contributed by atoms with van der Waals surface area (Å²) in [5.41, 5.74) is -1.37. The molecule has 3 aromatic rings. The Balaban J connectivity index is 1.34. The molecule has 0 unspecified atom stereocenters. The monoisotopic (exact) mass is 580 g/mol. The molecule has 0 bridgehead atoms. The minimum atomic E-state index is -4.64. The number of ether oxygens (including phenoxy) is 2. The summed E-state index contributed by atoms with van der Waals surface area (Å²) < 4.78 is 110. The molecule has 0 spiro atoms. The third-order valence-electron chi connectivity index (χ3n) is 8.23. The lowest BCUT2D eigenvalue weighted by Gasteiger charge is -2.37. The van der Waals surface area contributed by atoms with Crippen LogP contribution < -0.4 is 9.47 Å². The lowest BCUT2D eigenvalue weighted by atomic mass is 9.75. The van der Waals surface area contributed by atoms with E-state index in [1.54, 1.807) is 24.3 Å². The van der Waals surface area contributed by atoms with Gasteiger partial charge >= 0.3 is 6.11 Å². The molecule has 0 N–H and O–H groups in total. The minimum absolute atomic E-state index is 0.00100. The summed E-state index contributed by atoms with van der Waals surface area (Å²) >= 11 is 0. The highest BCUT2D eigenvalue weighted by molar-refractivity contribution is 5.65. The van der Waals surface area contributed by atoms with Crippen LogP contribution in [0.3, 0.4) is 0 Å². The fraction of sp³-hybridized carbons (Fsp3) is 0.438. The van der Waals surface area contributed by atoms with Gasteiger partial charge in [-0.3, -0.25) is 0 Å². The Morgan fingerprint density at radius 2 is 1.07 bits per heavy atom. The Labute approximate surface area is 234 Å². The molecule has 2 nitrogen and oxygen atoms in total. The van der Waals surface area contributed by atoms with Crippen LogP contribution in [0.2, 0.25) is 0 Å². The molecule has 0 aliphatic heterocycles. The van der Waals surface area contributed by atoms with Crippen molar-refractivity contribution in [2.75, 3.05) is 0 Å². The second-order valence-electron chi connectivity index (χ2n) is 11.0. The molecular weight excluding hydrogens is 549 g/mol. The first-order valence-electron chi connectivity index (χ1n) is 14.1. The first-order valence-corrected chi connectivity index (χ1v) is 14.1. The van der Waals surface area contributed by atoms with Gasteiger partial charge in [-0.1, -0.05) is 50.7 Å². The minimum Gasteiger partial charge on any atom is -0.490 e. The van der Waals surface area contributed by atoms with Crippen molar-refractivity contribution < 1.29 is 40.2 Å².